The molecule has 0 radical (unpaired) electrons. The lowest BCUT2D eigenvalue weighted by atomic mass is 10.1. The van der Waals surface area contributed by atoms with E-state index in [1.807, 2.05) is 0 Å². The Labute approximate surface area is 157 Å². The van der Waals surface area contributed by atoms with E-state index in [0.717, 1.165) is 18.9 Å². The first-order valence-electron chi connectivity index (χ1n) is 7.73. The Morgan fingerprint density at radius 2 is 1.91 bits per heavy atom. The fraction of sp³-hybridized carbons (Fsp3) is 0.588. The number of nitrogens with one attached hydrogen (secondary N) is 2. The zero-order chi connectivity index (χ0) is 16.4. The second-order valence-electron chi connectivity index (χ2n) is 5.76. The molecule has 0 heterocycles. The maximum absolute atomic E-state index is 5.14. The molecular formula is C17H31IN4O. The molecule has 1 aromatic carbocycles. The quantitative estimate of drug-likeness (QED) is 0.373. The van der Waals surface area contributed by atoms with E-state index in [0.29, 0.717) is 12.6 Å². The molecule has 132 valence electrons. The number of likely N-dealkylation sites (N-methyl/N-ethyl adjacent to an activating group) is 1. The lowest BCUT2D eigenvalue weighted by molar-refractivity contribution is 0.179. The number of hydrogen-bond donors (Lipinski definition) is 2. The van der Waals surface area contributed by atoms with E-state index in [1.165, 1.54) is 5.56 Å². The highest BCUT2D eigenvalue weighted by atomic mass is 127. The third-order valence-corrected chi connectivity index (χ3v) is 3.57. The summed E-state index contributed by atoms with van der Waals surface area (Å²) in [5.74, 6) is 0.810. The number of ether oxygens (including phenoxy) is 1. The molecule has 5 nitrogen and oxygen atoms in total. The van der Waals surface area contributed by atoms with Crippen LogP contribution in [0.1, 0.15) is 12.5 Å². The van der Waals surface area contributed by atoms with Crippen LogP contribution in [0.2, 0.25) is 0 Å². The molecule has 1 rings (SSSR count). The van der Waals surface area contributed by atoms with Crippen LogP contribution in [0.3, 0.4) is 0 Å². The first-order valence-corrected chi connectivity index (χ1v) is 7.73. The minimum atomic E-state index is 0. The van der Waals surface area contributed by atoms with Gasteiger partial charge < -0.3 is 20.3 Å². The van der Waals surface area contributed by atoms with Crippen LogP contribution in [0.15, 0.2) is 35.3 Å². The highest BCUT2D eigenvalue weighted by molar-refractivity contribution is 14.0. The Balaban J connectivity index is 0.00000484. The van der Waals surface area contributed by atoms with Crippen LogP contribution >= 0.6 is 24.0 Å². The van der Waals surface area contributed by atoms with Crippen molar-refractivity contribution < 1.29 is 4.74 Å². The molecule has 0 saturated carbocycles. The Bertz CT molecular complexity index is 439. The van der Waals surface area contributed by atoms with Crippen LogP contribution in [0.4, 0.5) is 0 Å². The number of rotatable bonds is 8. The van der Waals surface area contributed by atoms with Crippen LogP contribution < -0.4 is 10.6 Å². The summed E-state index contributed by atoms with van der Waals surface area (Å²) >= 11 is 0. The number of methoxy groups -OCH3 is 1. The number of nitrogens with zero attached hydrogens (tertiary/aromatic N) is 2. The third kappa shape index (κ3) is 9.12. The molecule has 2 unspecified atom stereocenters. The third-order valence-electron chi connectivity index (χ3n) is 3.57. The molecule has 0 aliphatic carbocycles. The van der Waals surface area contributed by atoms with E-state index in [1.54, 1.807) is 14.2 Å². The molecule has 1 aromatic rings. The van der Waals surface area contributed by atoms with Gasteiger partial charge in [-0.15, -0.1) is 24.0 Å². The van der Waals surface area contributed by atoms with Gasteiger partial charge in [0.05, 0.1) is 6.61 Å². The molecule has 0 amide bonds. The second kappa shape index (κ2) is 12.5. The van der Waals surface area contributed by atoms with Crippen molar-refractivity contribution in [3.8, 4) is 0 Å². The number of halogens is 1. The molecule has 6 heteroatoms. The maximum Gasteiger partial charge on any atom is 0.191 e. The summed E-state index contributed by atoms with van der Waals surface area (Å²) in [5, 5.41) is 6.72. The summed E-state index contributed by atoms with van der Waals surface area (Å²) in [6, 6.07) is 11.2. The molecule has 0 spiro atoms. The predicted molar refractivity (Wildman–Crippen MR) is 109 cm³/mol. The Hall–Kier alpha value is -0.860. The second-order valence-corrected chi connectivity index (χ2v) is 5.76. The van der Waals surface area contributed by atoms with Crippen molar-refractivity contribution in [3.63, 3.8) is 0 Å². The fourth-order valence-electron chi connectivity index (χ4n) is 2.26. The summed E-state index contributed by atoms with van der Waals surface area (Å²) < 4.78 is 5.14. The molecule has 2 N–H and O–H groups in total. The Kier molecular flexibility index (Phi) is 12.1. The van der Waals surface area contributed by atoms with Crippen LogP contribution in [-0.4, -0.2) is 64.3 Å². The van der Waals surface area contributed by atoms with Crippen molar-refractivity contribution in [2.75, 3.05) is 41.4 Å². The molecule has 23 heavy (non-hydrogen) atoms. The summed E-state index contributed by atoms with van der Waals surface area (Å²) in [4.78, 5) is 6.51. The van der Waals surface area contributed by atoms with Crippen LogP contribution in [0, 0.1) is 0 Å². The zero-order valence-corrected chi connectivity index (χ0v) is 17.2. The van der Waals surface area contributed by atoms with Crippen molar-refractivity contribution >= 4 is 29.9 Å². The van der Waals surface area contributed by atoms with E-state index in [4.69, 9.17) is 4.74 Å². The van der Waals surface area contributed by atoms with Crippen LogP contribution in [0.25, 0.3) is 0 Å². The van der Waals surface area contributed by atoms with E-state index in [9.17, 15) is 0 Å². The lowest BCUT2D eigenvalue weighted by Crippen LogP contribution is -2.48. The molecule has 0 fully saturated rings. The molecule has 0 aliphatic heterocycles. The van der Waals surface area contributed by atoms with Crippen molar-refractivity contribution in [3.05, 3.63) is 35.9 Å². The summed E-state index contributed by atoms with van der Waals surface area (Å²) in [5.41, 5.74) is 1.35. The van der Waals surface area contributed by atoms with Crippen molar-refractivity contribution in [1.29, 1.82) is 0 Å². The zero-order valence-electron chi connectivity index (χ0n) is 14.9. The maximum atomic E-state index is 5.14. The average molecular weight is 434 g/mol. The SMILES string of the molecule is CN=C(NCC(Cc1ccccc1)N(C)C)NC(C)COC.I. The van der Waals surface area contributed by atoms with E-state index in [-0.39, 0.29) is 30.0 Å². The topological polar surface area (TPSA) is 48.9 Å². The standard InChI is InChI=1S/C17H30N4O.HI/c1-14(13-22-5)20-17(18-2)19-12-16(21(3)4)11-15-9-7-6-8-10-15;/h6-10,14,16H,11-13H2,1-5H3,(H2,18,19,20);1H. The first-order chi connectivity index (χ1) is 10.6. The van der Waals surface area contributed by atoms with Gasteiger partial charge in [0.25, 0.3) is 0 Å². The highest BCUT2D eigenvalue weighted by Crippen LogP contribution is 2.06. The van der Waals surface area contributed by atoms with Gasteiger partial charge in [0.2, 0.25) is 0 Å². The molecule has 2 atom stereocenters. The minimum absolute atomic E-state index is 0. The first kappa shape index (κ1) is 22.1. The van der Waals surface area contributed by atoms with Gasteiger partial charge in [-0.25, -0.2) is 0 Å². The minimum Gasteiger partial charge on any atom is -0.383 e. The number of benzene rings is 1. The summed E-state index contributed by atoms with van der Waals surface area (Å²) in [6.45, 7) is 3.56. The van der Waals surface area contributed by atoms with Gasteiger partial charge in [-0.3, -0.25) is 4.99 Å². The fourth-order valence-corrected chi connectivity index (χ4v) is 2.26. The van der Waals surface area contributed by atoms with Gasteiger partial charge in [0.1, 0.15) is 0 Å². The molecular weight excluding hydrogens is 403 g/mol. The van der Waals surface area contributed by atoms with Crippen LogP contribution in [-0.2, 0) is 11.2 Å². The number of aliphatic imine (C=N–C) groups is 1. The monoisotopic (exact) mass is 434 g/mol. The molecule has 0 bridgehead atoms. The Morgan fingerprint density at radius 3 is 2.43 bits per heavy atom. The highest BCUT2D eigenvalue weighted by Gasteiger charge is 2.13. The van der Waals surface area contributed by atoms with Gasteiger partial charge in [0, 0.05) is 32.8 Å². The molecule has 0 aliphatic rings. The van der Waals surface area contributed by atoms with E-state index < -0.39 is 0 Å². The van der Waals surface area contributed by atoms with Gasteiger partial charge in [-0.05, 0) is 33.0 Å². The van der Waals surface area contributed by atoms with E-state index in [2.05, 4.69) is 71.9 Å². The predicted octanol–water partition coefficient (Wildman–Crippen LogP) is 1.98. The van der Waals surface area contributed by atoms with Crippen molar-refractivity contribution in [1.82, 2.24) is 15.5 Å². The number of hydrogen-bond acceptors (Lipinski definition) is 3. The number of guanidine groups is 1. The Morgan fingerprint density at radius 1 is 1.26 bits per heavy atom. The van der Waals surface area contributed by atoms with Gasteiger partial charge >= 0.3 is 0 Å². The normalized spacial score (nSPS) is 14.1. The van der Waals surface area contributed by atoms with Crippen molar-refractivity contribution in [2.24, 2.45) is 4.99 Å². The molecule has 0 aromatic heterocycles. The molecule has 0 saturated heterocycles. The summed E-state index contributed by atoms with van der Waals surface area (Å²) in [6.07, 6.45) is 1.01. The van der Waals surface area contributed by atoms with Crippen LogP contribution in [0.5, 0.6) is 0 Å². The summed E-state index contributed by atoms with van der Waals surface area (Å²) in [7, 11) is 7.71. The smallest absolute Gasteiger partial charge is 0.191 e. The van der Waals surface area contributed by atoms with Crippen molar-refractivity contribution in [2.45, 2.75) is 25.4 Å². The average Bonchev–Trinajstić information content (AvgIpc) is 2.51. The lowest BCUT2D eigenvalue weighted by Gasteiger charge is -2.26. The largest absolute Gasteiger partial charge is 0.383 e. The van der Waals surface area contributed by atoms with E-state index >= 15 is 0 Å². The van der Waals surface area contributed by atoms with Gasteiger partial charge in [0.15, 0.2) is 5.96 Å². The van der Waals surface area contributed by atoms with Gasteiger partial charge in [-0.1, -0.05) is 30.3 Å². The van der Waals surface area contributed by atoms with Gasteiger partial charge in [-0.2, -0.15) is 0 Å².